The van der Waals surface area contributed by atoms with Crippen LogP contribution in [0.5, 0.6) is 0 Å². The largest absolute Gasteiger partial charge is 0.373 e. The molecule has 0 amide bonds. The molecule has 3 heteroatoms. The summed E-state index contributed by atoms with van der Waals surface area (Å²) in [4.78, 5) is 2.01. The van der Waals surface area contributed by atoms with Crippen molar-refractivity contribution in [2.24, 2.45) is 5.92 Å². The van der Waals surface area contributed by atoms with Crippen LogP contribution in [-0.2, 0) is 0 Å². The monoisotopic (exact) mass is 232 g/mol. The topological polar surface area (TPSA) is 27.0 Å². The van der Waals surface area contributed by atoms with Crippen LogP contribution in [0.25, 0.3) is 0 Å². The highest BCUT2D eigenvalue weighted by Gasteiger charge is 2.19. The van der Waals surface area contributed by atoms with E-state index >= 15 is 0 Å². The second kappa shape index (κ2) is 5.18. The zero-order chi connectivity index (χ0) is 12.3. The van der Waals surface area contributed by atoms with Gasteiger partial charge in [-0.15, -0.1) is 0 Å². The Morgan fingerprint density at radius 1 is 1.41 bits per heavy atom. The van der Waals surface area contributed by atoms with Crippen LogP contribution in [0.1, 0.15) is 31.2 Å². The van der Waals surface area contributed by atoms with Gasteiger partial charge in [0.15, 0.2) is 0 Å². The molecule has 0 radical (unpaired) electrons. The van der Waals surface area contributed by atoms with Gasteiger partial charge in [0.05, 0.1) is 5.69 Å². The third kappa shape index (κ3) is 2.58. The summed E-state index contributed by atoms with van der Waals surface area (Å²) in [6.45, 7) is 0.915. The summed E-state index contributed by atoms with van der Waals surface area (Å²) in [5.74, 6) is 0.262. The molecule has 0 bridgehead atoms. The fourth-order valence-corrected chi connectivity index (χ4v) is 2.62. The fourth-order valence-electron chi connectivity index (χ4n) is 2.62. The van der Waals surface area contributed by atoms with Crippen LogP contribution in [0, 0.1) is 23.1 Å². The van der Waals surface area contributed by atoms with Crippen molar-refractivity contribution in [1.82, 2.24) is 0 Å². The zero-order valence-electron chi connectivity index (χ0n) is 10.1. The molecular weight excluding hydrogens is 215 g/mol. The number of halogens is 1. The van der Waals surface area contributed by atoms with E-state index in [9.17, 15) is 4.39 Å². The molecule has 0 aliphatic heterocycles. The second-order valence-corrected chi connectivity index (χ2v) is 4.78. The molecule has 0 spiro atoms. The maximum absolute atomic E-state index is 13.5. The Balaban J connectivity index is 2.15. The highest BCUT2D eigenvalue weighted by atomic mass is 19.1. The van der Waals surface area contributed by atoms with Crippen molar-refractivity contribution < 1.29 is 4.39 Å². The molecule has 0 N–H and O–H groups in total. The van der Waals surface area contributed by atoms with Gasteiger partial charge in [-0.1, -0.05) is 18.9 Å². The molecule has 17 heavy (non-hydrogen) atoms. The predicted octanol–water partition coefficient (Wildman–Crippen LogP) is 3.32. The number of nitrogens with zero attached hydrogens (tertiary/aromatic N) is 2. The van der Waals surface area contributed by atoms with Gasteiger partial charge in [0.2, 0.25) is 0 Å². The lowest BCUT2D eigenvalue weighted by Crippen LogP contribution is -2.25. The molecule has 1 aromatic carbocycles. The van der Waals surface area contributed by atoms with Gasteiger partial charge < -0.3 is 4.90 Å². The average Bonchev–Trinajstić information content (AvgIpc) is 2.81. The summed E-state index contributed by atoms with van der Waals surface area (Å²) in [6, 6.07) is 6.77. The first-order valence-corrected chi connectivity index (χ1v) is 6.12. The summed E-state index contributed by atoms with van der Waals surface area (Å²) in [5, 5.41) is 8.99. The number of hydrogen-bond acceptors (Lipinski definition) is 2. The lowest BCUT2D eigenvalue weighted by atomic mass is 10.1. The second-order valence-electron chi connectivity index (χ2n) is 4.78. The Morgan fingerprint density at radius 3 is 2.76 bits per heavy atom. The molecule has 1 fully saturated rings. The number of rotatable bonds is 3. The van der Waals surface area contributed by atoms with Crippen molar-refractivity contribution >= 4 is 5.69 Å². The molecule has 0 saturated heterocycles. The highest BCUT2D eigenvalue weighted by molar-refractivity contribution is 5.59. The summed E-state index contributed by atoms with van der Waals surface area (Å²) < 4.78 is 13.5. The fraction of sp³-hybridized carbons (Fsp3) is 0.500. The van der Waals surface area contributed by atoms with E-state index in [1.54, 1.807) is 6.07 Å². The van der Waals surface area contributed by atoms with E-state index in [2.05, 4.69) is 0 Å². The summed E-state index contributed by atoms with van der Waals surface area (Å²) in [7, 11) is 1.94. The van der Waals surface area contributed by atoms with Crippen LogP contribution in [0.4, 0.5) is 10.1 Å². The van der Waals surface area contributed by atoms with E-state index in [0.717, 1.165) is 6.54 Å². The Morgan fingerprint density at radius 2 is 2.12 bits per heavy atom. The minimum Gasteiger partial charge on any atom is -0.373 e. The molecule has 1 aliphatic rings. The molecule has 90 valence electrons. The maximum atomic E-state index is 13.5. The third-order valence-electron chi connectivity index (χ3n) is 3.52. The van der Waals surface area contributed by atoms with E-state index in [-0.39, 0.29) is 5.56 Å². The van der Waals surface area contributed by atoms with Crippen molar-refractivity contribution in [1.29, 1.82) is 5.26 Å². The van der Waals surface area contributed by atoms with Gasteiger partial charge in [0, 0.05) is 13.6 Å². The molecule has 0 atom stereocenters. The Hall–Kier alpha value is -1.56. The third-order valence-corrected chi connectivity index (χ3v) is 3.52. The summed E-state index contributed by atoms with van der Waals surface area (Å²) >= 11 is 0. The SMILES string of the molecule is CN(CC1CCCC1)c1cccc(F)c1C#N. The molecule has 1 saturated carbocycles. The predicted molar refractivity (Wildman–Crippen MR) is 66.3 cm³/mol. The quantitative estimate of drug-likeness (QED) is 0.799. The maximum Gasteiger partial charge on any atom is 0.143 e. The number of anilines is 1. The molecule has 0 aromatic heterocycles. The van der Waals surface area contributed by atoms with Crippen LogP contribution < -0.4 is 4.90 Å². The lowest BCUT2D eigenvalue weighted by Gasteiger charge is -2.24. The lowest BCUT2D eigenvalue weighted by molar-refractivity contribution is 0.545. The summed E-state index contributed by atoms with van der Waals surface area (Å²) in [6.07, 6.45) is 5.10. The standard InChI is InChI=1S/C14H17FN2/c1-17(10-11-5-2-3-6-11)14-8-4-7-13(15)12(14)9-16/h4,7-8,11H,2-3,5-6,10H2,1H3. The number of hydrogen-bond donors (Lipinski definition) is 0. The normalized spacial score (nSPS) is 15.8. The van der Waals surface area contributed by atoms with Gasteiger partial charge in [0.1, 0.15) is 17.4 Å². The van der Waals surface area contributed by atoms with Crippen molar-refractivity contribution in [2.45, 2.75) is 25.7 Å². The van der Waals surface area contributed by atoms with Crippen molar-refractivity contribution in [3.63, 3.8) is 0 Å². The Bertz CT molecular complexity index is 430. The van der Waals surface area contributed by atoms with Crippen LogP contribution in [0.3, 0.4) is 0 Å². The van der Waals surface area contributed by atoms with E-state index in [4.69, 9.17) is 5.26 Å². The molecule has 1 aliphatic carbocycles. The van der Waals surface area contributed by atoms with Gasteiger partial charge in [0.25, 0.3) is 0 Å². The first-order valence-electron chi connectivity index (χ1n) is 6.12. The minimum absolute atomic E-state index is 0.160. The Labute approximate surface area is 102 Å². The van der Waals surface area contributed by atoms with Gasteiger partial charge in [-0.2, -0.15) is 5.26 Å². The number of benzene rings is 1. The first-order chi connectivity index (χ1) is 8.22. The van der Waals surface area contributed by atoms with E-state index in [0.29, 0.717) is 11.6 Å². The first kappa shape index (κ1) is 11.9. The van der Waals surface area contributed by atoms with Crippen LogP contribution in [0.15, 0.2) is 18.2 Å². The van der Waals surface area contributed by atoms with Gasteiger partial charge >= 0.3 is 0 Å². The van der Waals surface area contributed by atoms with Gasteiger partial charge in [-0.05, 0) is 30.9 Å². The highest BCUT2D eigenvalue weighted by Crippen LogP contribution is 2.28. The molecule has 1 aromatic rings. The van der Waals surface area contributed by atoms with Crippen LogP contribution in [0.2, 0.25) is 0 Å². The molecule has 2 rings (SSSR count). The van der Waals surface area contributed by atoms with Crippen molar-refractivity contribution in [3.05, 3.63) is 29.6 Å². The molecular formula is C14H17FN2. The average molecular weight is 232 g/mol. The minimum atomic E-state index is -0.428. The smallest absolute Gasteiger partial charge is 0.143 e. The zero-order valence-corrected chi connectivity index (χ0v) is 10.1. The van der Waals surface area contributed by atoms with Crippen molar-refractivity contribution in [3.8, 4) is 6.07 Å². The van der Waals surface area contributed by atoms with Crippen molar-refractivity contribution in [2.75, 3.05) is 18.5 Å². The number of nitriles is 1. The van der Waals surface area contributed by atoms with E-state index < -0.39 is 5.82 Å². The van der Waals surface area contributed by atoms with E-state index in [1.165, 1.54) is 31.7 Å². The van der Waals surface area contributed by atoms with Gasteiger partial charge in [-0.3, -0.25) is 0 Å². The van der Waals surface area contributed by atoms with E-state index in [1.807, 2.05) is 24.1 Å². The van der Waals surface area contributed by atoms with Crippen LogP contribution >= 0.6 is 0 Å². The molecule has 0 unspecified atom stereocenters. The molecule has 0 heterocycles. The summed E-state index contributed by atoms with van der Waals surface area (Å²) in [5.41, 5.74) is 0.868. The van der Waals surface area contributed by atoms with Gasteiger partial charge in [-0.25, -0.2) is 4.39 Å². The van der Waals surface area contributed by atoms with Crippen LogP contribution in [-0.4, -0.2) is 13.6 Å². The Kier molecular flexibility index (Phi) is 3.63. The molecule has 2 nitrogen and oxygen atoms in total.